The number of para-hydroxylation sites is 1. The van der Waals surface area contributed by atoms with Crippen LogP contribution in [0.1, 0.15) is 28.4 Å². The Morgan fingerprint density at radius 2 is 2.27 bits per heavy atom. The number of rotatable bonds is 5. The molecule has 1 saturated heterocycles. The number of aromatic nitrogens is 3. The second-order valence-corrected chi connectivity index (χ2v) is 6.30. The fourth-order valence-corrected chi connectivity index (χ4v) is 3.45. The van der Waals surface area contributed by atoms with Crippen molar-refractivity contribution in [1.82, 2.24) is 20.5 Å². The van der Waals surface area contributed by atoms with Crippen molar-refractivity contribution in [2.75, 3.05) is 20.3 Å². The molecule has 1 aliphatic heterocycles. The van der Waals surface area contributed by atoms with E-state index in [-0.39, 0.29) is 17.9 Å². The number of nitrogens with one attached hydrogen (secondary N) is 2. The van der Waals surface area contributed by atoms with Crippen molar-refractivity contribution in [1.29, 1.82) is 0 Å². The van der Waals surface area contributed by atoms with Gasteiger partial charge in [0.05, 0.1) is 36.7 Å². The summed E-state index contributed by atoms with van der Waals surface area (Å²) in [7, 11) is 1.54. The zero-order valence-electron chi connectivity index (χ0n) is 14.4. The van der Waals surface area contributed by atoms with Crippen molar-refractivity contribution in [2.45, 2.75) is 12.5 Å². The number of benzene rings is 1. The first-order valence-electron chi connectivity index (χ1n) is 8.58. The molecule has 1 amide bonds. The standard InChI is InChI=1S/C19H20N4O3/c1-25-16-11-20-15-5-3-2-4-14(15)17(16)19(24)21-8-12-6-7-26-18(12)13-9-22-23-10-13/h2-5,9-12,18H,6-8H2,1H3,(H,21,24)(H,22,23)/t12-,18+/m1/s1. The van der Waals surface area contributed by atoms with Gasteiger partial charge in [0.15, 0.2) is 5.75 Å². The molecule has 1 aromatic carbocycles. The molecule has 26 heavy (non-hydrogen) atoms. The quantitative estimate of drug-likeness (QED) is 0.736. The van der Waals surface area contributed by atoms with Crippen LogP contribution >= 0.6 is 0 Å². The molecule has 3 aromatic rings. The summed E-state index contributed by atoms with van der Waals surface area (Å²) in [5, 5.41) is 10.6. The van der Waals surface area contributed by atoms with Gasteiger partial charge in [-0.25, -0.2) is 0 Å². The molecular weight excluding hydrogens is 332 g/mol. The van der Waals surface area contributed by atoms with E-state index in [0.29, 0.717) is 24.5 Å². The van der Waals surface area contributed by atoms with Crippen LogP contribution < -0.4 is 10.1 Å². The van der Waals surface area contributed by atoms with Crippen molar-refractivity contribution in [3.63, 3.8) is 0 Å². The average molecular weight is 352 g/mol. The van der Waals surface area contributed by atoms with E-state index in [0.717, 1.165) is 22.9 Å². The van der Waals surface area contributed by atoms with Gasteiger partial charge in [-0.05, 0) is 12.5 Å². The molecule has 7 heteroatoms. The van der Waals surface area contributed by atoms with Crippen molar-refractivity contribution < 1.29 is 14.3 Å². The lowest BCUT2D eigenvalue weighted by atomic mass is 9.97. The summed E-state index contributed by atoms with van der Waals surface area (Å²) in [5.74, 6) is 0.504. The summed E-state index contributed by atoms with van der Waals surface area (Å²) in [6.45, 7) is 1.20. The number of aromatic amines is 1. The number of fused-ring (bicyclic) bond motifs is 1. The Hall–Kier alpha value is -2.93. The minimum absolute atomic E-state index is 0.0508. The van der Waals surface area contributed by atoms with E-state index in [1.165, 1.54) is 0 Å². The number of hydrogen-bond donors (Lipinski definition) is 2. The van der Waals surface area contributed by atoms with E-state index >= 15 is 0 Å². The summed E-state index contributed by atoms with van der Waals surface area (Å²) in [4.78, 5) is 17.3. The number of ether oxygens (including phenoxy) is 2. The molecule has 2 N–H and O–H groups in total. The molecule has 0 aliphatic carbocycles. The smallest absolute Gasteiger partial charge is 0.255 e. The van der Waals surface area contributed by atoms with E-state index in [1.54, 1.807) is 19.5 Å². The SMILES string of the molecule is COc1cnc2ccccc2c1C(=O)NC[C@H]1CCO[C@@H]1c1cn[nH]c1. The third kappa shape index (κ3) is 3.01. The van der Waals surface area contributed by atoms with Crippen LogP contribution in [0.2, 0.25) is 0 Å². The van der Waals surface area contributed by atoms with Gasteiger partial charge in [0.25, 0.3) is 5.91 Å². The van der Waals surface area contributed by atoms with Gasteiger partial charge in [-0.3, -0.25) is 14.9 Å². The van der Waals surface area contributed by atoms with Crippen molar-refractivity contribution >= 4 is 16.8 Å². The minimum atomic E-state index is -0.168. The van der Waals surface area contributed by atoms with Crippen LogP contribution in [0.4, 0.5) is 0 Å². The summed E-state index contributed by atoms with van der Waals surface area (Å²) in [5.41, 5.74) is 2.28. The zero-order valence-corrected chi connectivity index (χ0v) is 14.4. The highest BCUT2D eigenvalue weighted by Gasteiger charge is 2.31. The van der Waals surface area contributed by atoms with E-state index in [1.807, 2.05) is 30.5 Å². The van der Waals surface area contributed by atoms with Crippen molar-refractivity contribution in [3.8, 4) is 5.75 Å². The fourth-order valence-electron chi connectivity index (χ4n) is 3.45. The van der Waals surface area contributed by atoms with Crippen LogP contribution in [0.3, 0.4) is 0 Å². The monoisotopic (exact) mass is 352 g/mol. The van der Waals surface area contributed by atoms with Crippen LogP contribution in [0.15, 0.2) is 42.9 Å². The maximum atomic E-state index is 12.9. The third-order valence-electron chi connectivity index (χ3n) is 4.77. The number of carbonyl (C=O) groups is 1. The van der Waals surface area contributed by atoms with E-state index in [4.69, 9.17) is 9.47 Å². The molecule has 0 spiro atoms. The minimum Gasteiger partial charge on any atom is -0.494 e. The predicted octanol–water partition coefficient (Wildman–Crippen LogP) is 2.47. The summed E-state index contributed by atoms with van der Waals surface area (Å²) < 4.78 is 11.2. The van der Waals surface area contributed by atoms with Gasteiger partial charge in [-0.15, -0.1) is 0 Å². The molecule has 1 aliphatic rings. The van der Waals surface area contributed by atoms with E-state index in [9.17, 15) is 4.79 Å². The molecule has 134 valence electrons. The molecule has 0 radical (unpaired) electrons. The van der Waals surface area contributed by atoms with Gasteiger partial charge in [0, 0.05) is 36.2 Å². The summed E-state index contributed by atoms with van der Waals surface area (Å²) >= 11 is 0. The predicted molar refractivity (Wildman–Crippen MR) is 96.0 cm³/mol. The lowest BCUT2D eigenvalue weighted by Gasteiger charge is -2.18. The maximum absolute atomic E-state index is 12.9. The summed E-state index contributed by atoms with van der Waals surface area (Å²) in [6.07, 6.45) is 6.04. The van der Waals surface area contributed by atoms with Gasteiger partial charge in [-0.2, -0.15) is 5.10 Å². The molecule has 3 heterocycles. The first-order valence-corrected chi connectivity index (χ1v) is 8.58. The number of pyridine rings is 1. The molecule has 4 rings (SSSR count). The lowest BCUT2D eigenvalue weighted by molar-refractivity contribution is 0.0846. The van der Waals surface area contributed by atoms with Gasteiger partial charge in [-0.1, -0.05) is 18.2 Å². The average Bonchev–Trinajstić information content (AvgIpc) is 3.36. The van der Waals surface area contributed by atoms with Crippen LogP contribution in [0.5, 0.6) is 5.75 Å². The van der Waals surface area contributed by atoms with Crippen LogP contribution in [-0.2, 0) is 4.74 Å². The topological polar surface area (TPSA) is 89.1 Å². The van der Waals surface area contributed by atoms with Gasteiger partial charge in [0.1, 0.15) is 0 Å². The second kappa shape index (κ2) is 7.13. The van der Waals surface area contributed by atoms with Gasteiger partial charge >= 0.3 is 0 Å². The second-order valence-electron chi connectivity index (χ2n) is 6.30. The molecule has 2 atom stereocenters. The molecule has 7 nitrogen and oxygen atoms in total. The van der Waals surface area contributed by atoms with Crippen molar-refractivity contribution in [3.05, 3.63) is 54.0 Å². The summed E-state index contributed by atoms with van der Waals surface area (Å²) in [6, 6.07) is 7.55. The number of amides is 1. The zero-order chi connectivity index (χ0) is 17.9. The van der Waals surface area contributed by atoms with Crippen LogP contribution in [0, 0.1) is 5.92 Å². The highest BCUT2D eigenvalue weighted by atomic mass is 16.5. The highest BCUT2D eigenvalue weighted by Crippen LogP contribution is 2.34. The largest absolute Gasteiger partial charge is 0.494 e. The van der Waals surface area contributed by atoms with Gasteiger partial charge in [0.2, 0.25) is 0 Å². The Morgan fingerprint density at radius 3 is 3.08 bits per heavy atom. The fraction of sp³-hybridized carbons (Fsp3) is 0.316. The number of H-pyrrole nitrogens is 1. The Balaban J connectivity index is 1.54. The first-order chi connectivity index (χ1) is 12.8. The molecule has 0 bridgehead atoms. The van der Waals surface area contributed by atoms with Crippen molar-refractivity contribution in [2.24, 2.45) is 5.92 Å². The molecule has 0 saturated carbocycles. The molecule has 2 aromatic heterocycles. The van der Waals surface area contributed by atoms with Crippen LogP contribution in [-0.4, -0.2) is 41.3 Å². The Bertz CT molecular complexity index is 910. The van der Waals surface area contributed by atoms with Gasteiger partial charge < -0.3 is 14.8 Å². The normalized spacial score (nSPS) is 19.6. The van der Waals surface area contributed by atoms with Crippen LogP contribution in [0.25, 0.3) is 10.9 Å². The number of hydrogen-bond acceptors (Lipinski definition) is 5. The molecule has 1 fully saturated rings. The molecular formula is C19H20N4O3. The Kier molecular flexibility index (Phi) is 4.53. The van der Waals surface area contributed by atoms with E-state index in [2.05, 4.69) is 20.5 Å². The third-order valence-corrected chi connectivity index (χ3v) is 4.77. The van der Waals surface area contributed by atoms with E-state index < -0.39 is 0 Å². The Labute approximate surface area is 150 Å². The molecule has 0 unspecified atom stereocenters. The maximum Gasteiger partial charge on any atom is 0.255 e. The highest BCUT2D eigenvalue weighted by molar-refractivity contribution is 6.08. The number of nitrogens with zero attached hydrogens (tertiary/aromatic N) is 2. The number of carbonyl (C=O) groups excluding carboxylic acids is 1. The number of methoxy groups -OCH3 is 1. The lowest BCUT2D eigenvalue weighted by Crippen LogP contribution is -2.31. The Morgan fingerprint density at radius 1 is 1.38 bits per heavy atom. The first kappa shape index (κ1) is 16.5.